The molecule has 0 unspecified atom stereocenters. The summed E-state index contributed by atoms with van der Waals surface area (Å²) in [6, 6.07) is 3.32. The van der Waals surface area contributed by atoms with Crippen molar-refractivity contribution in [3.05, 3.63) is 29.8 Å². The summed E-state index contributed by atoms with van der Waals surface area (Å²) >= 11 is 0. The van der Waals surface area contributed by atoms with E-state index >= 15 is 0 Å². The lowest BCUT2D eigenvalue weighted by Gasteiger charge is -2.00. The lowest BCUT2D eigenvalue weighted by atomic mass is 10.2. The fourth-order valence-corrected chi connectivity index (χ4v) is 1.44. The Kier molecular flexibility index (Phi) is 3.83. The molecule has 0 atom stereocenters. The van der Waals surface area contributed by atoms with Gasteiger partial charge >= 0.3 is 0 Å². The summed E-state index contributed by atoms with van der Waals surface area (Å²) in [5.41, 5.74) is 2.38. The minimum atomic E-state index is -0.164. The number of aromatic nitrogens is 2. The second-order valence-corrected chi connectivity index (χ2v) is 3.12. The van der Waals surface area contributed by atoms with E-state index in [1.165, 1.54) is 0 Å². The number of rotatable bonds is 1. The van der Waals surface area contributed by atoms with Crippen LogP contribution in [0, 0.1) is 12.7 Å². The van der Waals surface area contributed by atoms with Crippen molar-refractivity contribution in [3.8, 4) is 0 Å². The molecule has 0 spiro atoms. The van der Waals surface area contributed by atoms with E-state index in [0.29, 0.717) is 5.56 Å². The molecule has 1 aromatic carbocycles. The van der Waals surface area contributed by atoms with E-state index in [2.05, 4.69) is 4.98 Å². The molecule has 0 saturated carbocycles. The highest BCUT2D eigenvalue weighted by atomic mass is 19.1. The number of hydrogen-bond donors (Lipinski definition) is 0. The number of imidazole rings is 1. The molecular formula is C12H17FN2. The van der Waals surface area contributed by atoms with E-state index in [1.54, 1.807) is 25.4 Å². The molecule has 82 valence electrons. The minimum absolute atomic E-state index is 0.164. The first-order valence-electron chi connectivity index (χ1n) is 5.33. The molecule has 0 fully saturated rings. The number of nitrogens with zero attached hydrogens (tertiary/aromatic N) is 2. The second kappa shape index (κ2) is 4.91. The smallest absolute Gasteiger partial charge is 0.128 e. The first-order valence-corrected chi connectivity index (χ1v) is 5.33. The Morgan fingerprint density at radius 3 is 2.60 bits per heavy atom. The molecule has 1 heterocycles. The van der Waals surface area contributed by atoms with E-state index < -0.39 is 0 Å². The van der Waals surface area contributed by atoms with Gasteiger partial charge in [-0.15, -0.1) is 0 Å². The van der Waals surface area contributed by atoms with Crippen molar-refractivity contribution in [2.24, 2.45) is 0 Å². The second-order valence-electron chi connectivity index (χ2n) is 3.12. The van der Waals surface area contributed by atoms with Gasteiger partial charge in [0.2, 0.25) is 0 Å². The zero-order valence-electron chi connectivity index (χ0n) is 9.71. The van der Waals surface area contributed by atoms with Gasteiger partial charge in [-0.1, -0.05) is 13.8 Å². The molecule has 0 N–H and O–H groups in total. The molecule has 0 bridgehead atoms. The van der Waals surface area contributed by atoms with E-state index in [1.807, 2.05) is 25.3 Å². The topological polar surface area (TPSA) is 17.8 Å². The fraction of sp³-hybridized carbons (Fsp3) is 0.417. The highest BCUT2D eigenvalue weighted by Crippen LogP contribution is 2.17. The largest absolute Gasteiger partial charge is 0.331 e. The van der Waals surface area contributed by atoms with Crippen LogP contribution in [0.1, 0.15) is 26.3 Å². The maximum absolute atomic E-state index is 13.2. The summed E-state index contributed by atoms with van der Waals surface area (Å²) in [6.45, 7) is 8.58. The zero-order valence-corrected chi connectivity index (χ0v) is 9.71. The van der Waals surface area contributed by atoms with Crippen molar-refractivity contribution in [1.82, 2.24) is 9.55 Å². The summed E-state index contributed by atoms with van der Waals surface area (Å²) in [4.78, 5) is 4.19. The number of halogens is 1. The average molecular weight is 208 g/mol. The summed E-state index contributed by atoms with van der Waals surface area (Å²) in [5, 5.41) is 0. The molecule has 0 aliphatic carbocycles. The van der Waals surface area contributed by atoms with Crippen LogP contribution in [0.15, 0.2) is 18.5 Å². The molecule has 3 heteroatoms. The molecule has 0 aliphatic rings. The molecule has 0 aliphatic heterocycles. The monoisotopic (exact) mass is 208 g/mol. The molecular weight excluding hydrogens is 191 g/mol. The van der Waals surface area contributed by atoms with Crippen molar-refractivity contribution < 1.29 is 4.39 Å². The predicted octanol–water partition coefficient (Wildman–Crippen LogP) is 3.53. The molecule has 2 aromatic rings. The normalized spacial score (nSPS) is 9.93. The number of fused-ring (bicyclic) bond motifs is 1. The van der Waals surface area contributed by atoms with Crippen LogP contribution in [0.2, 0.25) is 0 Å². The van der Waals surface area contributed by atoms with Crippen LogP contribution in [0.25, 0.3) is 11.0 Å². The summed E-state index contributed by atoms with van der Waals surface area (Å²) < 4.78 is 15.1. The van der Waals surface area contributed by atoms with E-state index in [-0.39, 0.29) is 5.82 Å². The Labute approximate surface area is 89.7 Å². The van der Waals surface area contributed by atoms with Gasteiger partial charge in [-0.25, -0.2) is 9.37 Å². The van der Waals surface area contributed by atoms with Gasteiger partial charge in [0.05, 0.1) is 17.4 Å². The maximum Gasteiger partial charge on any atom is 0.128 e. The van der Waals surface area contributed by atoms with Gasteiger partial charge in [0.15, 0.2) is 0 Å². The van der Waals surface area contributed by atoms with Crippen LogP contribution in [0.4, 0.5) is 4.39 Å². The lowest BCUT2D eigenvalue weighted by Crippen LogP contribution is -1.91. The SMILES string of the molecule is CC.CCn1cnc2cc(C)c(F)cc21. The third-order valence-electron chi connectivity index (χ3n) is 2.24. The number of aryl methyl sites for hydroxylation is 2. The maximum atomic E-state index is 13.2. The van der Waals surface area contributed by atoms with Gasteiger partial charge in [0.25, 0.3) is 0 Å². The standard InChI is InChI=1S/C10H11FN2.C2H6/c1-3-13-6-12-9-4-7(2)8(11)5-10(9)13;1-2/h4-6H,3H2,1-2H3;1-2H3. The first-order chi connectivity index (χ1) is 7.22. The van der Waals surface area contributed by atoms with Crippen LogP contribution in [0.5, 0.6) is 0 Å². The summed E-state index contributed by atoms with van der Waals surface area (Å²) in [6.07, 6.45) is 1.74. The molecule has 1 aromatic heterocycles. The molecule has 2 nitrogen and oxygen atoms in total. The molecule has 0 saturated heterocycles. The van der Waals surface area contributed by atoms with Gasteiger partial charge in [-0.3, -0.25) is 0 Å². The summed E-state index contributed by atoms with van der Waals surface area (Å²) in [7, 11) is 0. The van der Waals surface area contributed by atoms with Gasteiger partial charge in [0.1, 0.15) is 5.82 Å². The molecule has 0 radical (unpaired) electrons. The van der Waals surface area contributed by atoms with Crippen molar-refractivity contribution in [1.29, 1.82) is 0 Å². The van der Waals surface area contributed by atoms with Gasteiger partial charge in [-0.05, 0) is 25.5 Å². The van der Waals surface area contributed by atoms with Crippen LogP contribution in [0.3, 0.4) is 0 Å². The fourth-order valence-electron chi connectivity index (χ4n) is 1.44. The van der Waals surface area contributed by atoms with Crippen molar-refractivity contribution in [2.45, 2.75) is 34.2 Å². The van der Waals surface area contributed by atoms with Crippen LogP contribution >= 0.6 is 0 Å². The summed E-state index contributed by atoms with van der Waals surface area (Å²) in [5.74, 6) is -0.164. The van der Waals surface area contributed by atoms with E-state index in [4.69, 9.17) is 0 Å². The average Bonchev–Trinajstić information content (AvgIpc) is 2.64. The van der Waals surface area contributed by atoms with E-state index in [0.717, 1.165) is 17.6 Å². The van der Waals surface area contributed by atoms with Gasteiger partial charge in [0, 0.05) is 12.6 Å². The third kappa shape index (κ3) is 2.17. The van der Waals surface area contributed by atoms with E-state index in [9.17, 15) is 4.39 Å². The zero-order chi connectivity index (χ0) is 11.4. The first kappa shape index (κ1) is 11.7. The molecule has 0 amide bonds. The quantitative estimate of drug-likeness (QED) is 0.701. The van der Waals surface area contributed by atoms with Crippen LogP contribution in [-0.4, -0.2) is 9.55 Å². The Morgan fingerprint density at radius 1 is 1.33 bits per heavy atom. The van der Waals surface area contributed by atoms with Gasteiger partial charge in [-0.2, -0.15) is 0 Å². The Bertz CT molecular complexity index is 446. The number of benzene rings is 1. The number of hydrogen-bond acceptors (Lipinski definition) is 1. The molecule has 2 rings (SSSR count). The van der Waals surface area contributed by atoms with Crippen molar-refractivity contribution in [2.75, 3.05) is 0 Å². The van der Waals surface area contributed by atoms with Gasteiger partial charge < -0.3 is 4.57 Å². The highest BCUT2D eigenvalue weighted by Gasteiger charge is 2.04. The Balaban J connectivity index is 0.000000531. The molecule has 15 heavy (non-hydrogen) atoms. The Hall–Kier alpha value is -1.38. The Morgan fingerprint density at radius 2 is 2.00 bits per heavy atom. The van der Waals surface area contributed by atoms with Crippen LogP contribution < -0.4 is 0 Å². The minimum Gasteiger partial charge on any atom is -0.331 e. The predicted molar refractivity (Wildman–Crippen MR) is 61.5 cm³/mol. The van der Waals surface area contributed by atoms with Crippen molar-refractivity contribution >= 4 is 11.0 Å². The third-order valence-corrected chi connectivity index (χ3v) is 2.24. The van der Waals surface area contributed by atoms with Crippen LogP contribution in [-0.2, 0) is 6.54 Å². The van der Waals surface area contributed by atoms with Crippen molar-refractivity contribution in [3.63, 3.8) is 0 Å². The lowest BCUT2D eigenvalue weighted by molar-refractivity contribution is 0.619. The highest BCUT2D eigenvalue weighted by molar-refractivity contribution is 5.76.